The van der Waals surface area contributed by atoms with Crippen molar-refractivity contribution >= 4 is 29.0 Å². The maximum Gasteiger partial charge on any atom is 2.00 e. The van der Waals surface area contributed by atoms with Crippen LogP contribution in [-0.2, 0) is 9.68 Å². The first-order valence-corrected chi connectivity index (χ1v) is 1.25. The van der Waals surface area contributed by atoms with Gasteiger partial charge in [0.1, 0.15) is 0 Å². The van der Waals surface area contributed by atoms with Crippen LogP contribution < -0.4 is 0 Å². The second-order valence-electron chi connectivity index (χ2n) is 0.667. The zero-order chi connectivity index (χ0) is 4.99. The summed E-state index contributed by atoms with van der Waals surface area (Å²) in [6.45, 7) is -0.653. The van der Waals surface area contributed by atoms with E-state index in [1.54, 1.807) is 0 Å². The third-order valence-electron chi connectivity index (χ3n) is 0.188. The van der Waals surface area contributed by atoms with Gasteiger partial charge in [-0.3, -0.25) is 5.26 Å². The fourth-order valence-corrected chi connectivity index (χ4v) is 0.0552. The summed E-state index contributed by atoms with van der Waals surface area (Å²) < 4.78 is 0. The van der Waals surface area contributed by atoms with Gasteiger partial charge in [-0.15, -0.1) is 0 Å². The Morgan fingerprint density at radius 3 is 2.29 bits per heavy atom. The normalized spacial score (nSPS) is 7.00. The molecular formula is C2H6MgO4. The predicted octanol–water partition coefficient (Wildman–Crippen LogP) is -0.595. The molecule has 0 bridgehead atoms. The molecule has 0 saturated carbocycles. The van der Waals surface area contributed by atoms with E-state index in [0.29, 0.717) is 0 Å². The average Bonchev–Trinajstić information content (AvgIpc) is 1.35. The standard InChI is InChI=1S/C2H4O4.Mg.2H/c3-2(4)1-6-5;;;/h5H,1H2,(H,3,4);;;/q;+2;2*-1. The Labute approximate surface area is 59.1 Å². The van der Waals surface area contributed by atoms with Gasteiger partial charge in [-0.05, 0) is 0 Å². The van der Waals surface area contributed by atoms with Crippen LogP contribution >= 0.6 is 0 Å². The van der Waals surface area contributed by atoms with Crippen molar-refractivity contribution in [3.05, 3.63) is 0 Å². The minimum atomic E-state index is -1.18. The van der Waals surface area contributed by atoms with E-state index in [1.807, 2.05) is 0 Å². The second kappa shape index (κ2) is 6.16. The van der Waals surface area contributed by atoms with Gasteiger partial charge >= 0.3 is 29.0 Å². The van der Waals surface area contributed by atoms with Crippen LogP contribution in [0.3, 0.4) is 0 Å². The van der Waals surface area contributed by atoms with Gasteiger partial charge in [-0.1, -0.05) is 0 Å². The first kappa shape index (κ1) is 10.2. The van der Waals surface area contributed by atoms with E-state index in [-0.39, 0.29) is 25.9 Å². The number of rotatable bonds is 2. The molecule has 0 amide bonds. The van der Waals surface area contributed by atoms with Crippen LogP contribution in [0.25, 0.3) is 0 Å². The van der Waals surface area contributed by atoms with E-state index >= 15 is 0 Å². The Bertz CT molecular complexity index is 60.5. The molecule has 0 aromatic heterocycles. The minimum Gasteiger partial charge on any atom is -1.00 e. The molecule has 0 aromatic carbocycles. The van der Waals surface area contributed by atoms with Crippen LogP contribution in [0.5, 0.6) is 0 Å². The number of carboxylic acid groups (broad SMARTS) is 1. The van der Waals surface area contributed by atoms with Gasteiger partial charge in [0.15, 0.2) is 6.61 Å². The summed E-state index contributed by atoms with van der Waals surface area (Å²) in [5, 5.41) is 15.0. The number of hydrogen-bond acceptors (Lipinski definition) is 3. The Morgan fingerprint density at radius 1 is 1.86 bits per heavy atom. The number of carbonyl (C=O) groups is 1. The van der Waals surface area contributed by atoms with Crippen LogP contribution in [0, 0.1) is 0 Å². The molecule has 0 atom stereocenters. The fraction of sp³-hybridized carbons (Fsp3) is 0.500. The third kappa shape index (κ3) is 10.7. The summed E-state index contributed by atoms with van der Waals surface area (Å²) >= 11 is 0. The van der Waals surface area contributed by atoms with Crippen molar-refractivity contribution in [2.24, 2.45) is 0 Å². The van der Waals surface area contributed by atoms with Crippen molar-refractivity contribution in [2.45, 2.75) is 0 Å². The molecule has 0 aliphatic rings. The maximum atomic E-state index is 9.31. The molecule has 0 saturated heterocycles. The summed E-state index contributed by atoms with van der Waals surface area (Å²) in [5.41, 5.74) is 0. The Morgan fingerprint density at radius 2 is 2.29 bits per heavy atom. The molecule has 2 N–H and O–H groups in total. The Hall–Kier alpha value is 0.156. The molecule has 0 fully saturated rings. The quantitative estimate of drug-likeness (QED) is 0.289. The zero-order valence-electron chi connectivity index (χ0n) is 5.63. The van der Waals surface area contributed by atoms with Crippen LogP contribution in [-0.4, -0.2) is 46.0 Å². The van der Waals surface area contributed by atoms with E-state index < -0.39 is 12.6 Å². The van der Waals surface area contributed by atoms with Gasteiger partial charge in [-0.25, -0.2) is 9.68 Å². The van der Waals surface area contributed by atoms with E-state index in [0.717, 1.165) is 0 Å². The van der Waals surface area contributed by atoms with E-state index in [9.17, 15) is 4.79 Å². The summed E-state index contributed by atoms with van der Waals surface area (Å²) in [7, 11) is 0. The fourth-order valence-electron chi connectivity index (χ4n) is 0.0552. The van der Waals surface area contributed by atoms with Gasteiger partial charge in [0, 0.05) is 0 Å². The van der Waals surface area contributed by atoms with Gasteiger partial charge in [0.2, 0.25) is 0 Å². The van der Waals surface area contributed by atoms with E-state index in [4.69, 9.17) is 10.4 Å². The van der Waals surface area contributed by atoms with Crippen molar-refractivity contribution < 1.29 is 22.9 Å². The largest absolute Gasteiger partial charge is 2.00 e. The molecule has 0 rings (SSSR count). The molecule has 40 valence electrons. The summed E-state index contributed by atoms with van der Waals surface area (Å²) in [4.78, 5) is 12.5. The molecule has 0 aliphatic carbocycles. The SMILES string of the molecule is O=C(O)COO.[H-].[H-].[Mg+2]. The first-order chi connectivity index (χ1) is 2.77. The van der Waals surface area contributed by atoms with Crippen molar-refractivity contribution in [1.29, 1.82) is 0 Å². The first-order valence-electron chi connectivity index (χ1n) is 1.25. The zero-order valence-corrected chi connectivity index (χ0v) is 5.04. The summed E-state index contributed by atoms with van der Waals surface area (Å²) in [6.07, 6.45) is 0. The number of carboxylic acids is 1. The maximum absolute atomic E-state index is 9.31. The molecule has 0 radical (unpaired) electrons. The average molecular weight is 118 g/mol. The Balaban J connectivity index is -0.0000000417. The molecule has 0 aromatic rings. The van der Waals surface area contributed by atoms with E-state index in [2.05, 4.69) is 4.89 Å². The van der Waals surface area contributed by atoms with Gasteiger partial charge in [0.05, 0.1) is 0 Å². The Kier molecular flexibility index (Phi) is 8.97. The van der Waals surface area contributed by atoms with Gasteiger partial charge in [0.25, 0.3) is 0 Å². The van der Waals surface area contributed by atoms with Crippen LogP contribution in [0.4, 0.5) is 0 Å². The molecule has 0 heterocycles. The molecule has 5 heteroatoms. The van der Waals surface area contributed by atoms with E-state index in [1.165, 1.54) is 0 Å². The van der Waals surface area contributed by atoms with Crippen LogP contribution in [0.2, 0.25) is 0 Å². The molecule has 0 aliphatic heterocycles. The molecular weight excluding hydrogens is 112 g/mol. The van der Waals surface area contributed by atoms with Crippen LogP contribution in [0.15, 0.2) is 0 Å². The summed E-state index contributed by atoms with van der Waals surface area (Å²) in [6, 6.07) is 0. The number of hydrogen-bond donors (Lipinski definition) is 2. The third-order valence-corrected chi connectivity index (χ3v) is 0.188. The van der Waals surface area contributed by atoms with Crippen molar-refractivity contribution in [3.63, 3.8) is 0 Å². The molecule has 0 spiro atoms. The topological polar surface area (TPSA) is 66.8 Å². The molecule has 7 heavy (non-hydrogen) atoms. The van der Waals surface area contributed by atoms with Gasteiger partial charge < -0.3 is 7.96 Å². The van der Waals surface area contributed by atoms with Gasteiger partial charge in [-0.2, -0.15) is 0 Å². The number of aliphatic carboxylic acids is 1. The van der Waals surface area contributed by atoms with Crippen molar-refractivity contribution in [2.75, 3.05) is 6.61 Å². The summed E-state index contributed by atoms with van der Waals surface area (Å²) in [5.74, 6) is -1.18. The minimum absolute atomic E-state index is 0. The van der Waals surface area contributed by atoms with Crippen molar-refractivity contribution in [3.8, 4) is 0 Å². The molecule has 4 nitrogen and oxygen atoms in total. The van der Waals surface area contributed by atoms with Crippen LogP contribution in [0.1, 0.15) is 2.85 Å². The monoisotopic (exact) mass is 118 g/mol. The second-order valence-corrected chi connectivity index (χ2v) is 0.667. The molecule has 0 unspecified atom stereocenters. The van der Waals surface area contributed by atoms with Crippen molar-refractivity contribution in [1.82, 2.24) is 0 Å². The smallest absolute Gasteiger partial charge is 1.00 e. The predicted molar refractivity (Wildman–Crippen MR) is 24.2 cm³/mol.